The van der Waals surface area contributed by atoms with Gasteiger partial charge in [0, 0.05) is 18.1 Å². The van der Waals surface area contributed by atoms with Crippen LogP contribution in [0.2, 0.25) is 0 Å². The Morgan fingerprint density at radius 2 is 1.92 bits per heavy atom. The van der Waals surface area contributed by atoms with E-state index in [1.54, 1.807) is 31.4 Å². The molecule has 0 amide bonds. The van der Waals surface area contributed by atoms with Gasteiger partial charge in [-0.2, -0.15) is 0 Å². The van der Waals surface area contributed by atoms with Crippen molar-refractivity contribution in [2.24, 2.45) is 0 Å². The second kappa shape index (κ2) is 5.14. The van der Waals surface area contributed by atoms with Crippen LogP contribution in [0.25, 0.3) is 21.9 Å². The van der Waals surface area contributed by atoms with E-state index in [-0.39, 0.29) is 17.1 Å². The molecule has 0 spiro atoms. The SMILES string of the molecule is COc1cccc2c(=O)c3c(OC)cc4c(c3oc12)C[C@H]([C@@]1(C)CO1)O4. The number of epoxide rings is 1. The van der Waals surface area contributed by atoms with Crippen molar-refractivity contribution in [3.63, 3.8) is 0 Å². The van der Waals surface area contributed by atoms with Gasteiger partial charge in [0.25, 0.3) is 0 Å². The molecule has 2 aromatic carbocycles. The summed E-state index contributed by atoms with van der Waals surface area (Å²) in [5.41, 5.74) is 1.37. The molecule has 0 bridgehead atoms. The first-order valence-corrected chi connectivity index (χ1v) is 8.50. The van der Waals surface area contributed by atoms with Crippen LogP contribution < -0.4 is 19.6 Å². The lowest BCUT2D eigenvalue weighted by molar-refractivity contribution is 0.127. The molecule has 0 radical (unpaired) electrons. The van der Waals surface area contributed by atoms with Gasteiger partial charge in [0.1, 0.15) is 34.2 Å². The summed E-state index contributed by atoms with van der Waals surface area (Å²) in [6, 6.07) is 7.05. The third-order valence-electron chi connectivity index (χ3n) is 5.34. The van der Waals surface area contributed by atoms with E-state index >= 15 is 0 Å². The van der Waals surface area contributed by atoms with Crippen molar-refractivity contribution in [1.82, 2.24) is 0 Å². The van der Waals surface area contributed by atoms with E-state index in [1.807, 2.05) is 6.92 Å². The number of methoxy groups -OCH3 is 2. The molecule has 2 atom stereocenters. The second-order valence-corrected chi connectivity index (χ2v) is 6.94. The number of hydrogen-bond acceptors (Lipinski definition) is 6. The van der Waals surface area contributed by atoms with Crippen molar-refractivity contribution in [3.05, 3.63) is 40.1 Å². The minimum absolute atomic E-state index is 0.105. The average molecular weight is 354 g/mol. The molecule has 1 saturated heterocycles. The molecule has 2 aliphatic heterocycles. The van der Waals surface area contributed by atoms with Crippen LogP contribution in [-0.2, 0) is 11.2 Å². The molecule has 0 saturated carbocycles. The molecule has 1 fully saturated rings. The summed E-state index contributed by atoms with van der Waals surface area (Å²) in [5.74, 6) is 1.64. The fourth-order valence-corrected chi connectivity index (χ4v) is 3.66. The highest BCUT2D eigenvalue weighted by molar-refractivity contribution is 5.97. The van der Waals surface area contributed by atoms with Gasteiger partial charge in [0.2, 0.25) is 5.43 Å². The van der Waals surface area contributed by atoms with E-state index in [1.165, 1.54) is 7.11 Å². The third-order valence-corrected chi connectivity index (χ3v) is 5.34. The van der Waals surface area contributed by atoms with Gasteiger partial charge in [0.05, 0.1) is 26.2 Å². The van der Waals surface area contributed by atoms with Gasteiger partial charge in [-0.25, -0.2) is 0 Å². The standard InChI is InChI=1S/C20H18O6/c1-20(9-24-20)15-7-11-13(25-15)8-14(23-3)16-17(21)10-5-4-6-12(22-2)18(10)26-19(11)16/h4-6,8,15H,7,9H2,1-3H3/t15-,20-/m1/s1. The monoisotopic (exact) mass is 354 g/mol. The number of fused-ring (bicyclic) bond motifs is 4. The summed E-state index contributed by atoms with van der Waals surface area (Å²) in [6.45, 7) is 2.69. The largest absolute Gasteiger partial charge is 0.496 e. The fraction of sp³-hybridized carbons (Fsp3) is 0.350. The quantitative estimate of drug-likeness (QED) is 0.532. The van der Waals surface area contributed by atoms with Gasteiger partial charge in [0.15, 0.2) is 11.3 Å². The first-order valence-electron chi connectivity index (χ1n) is 8.50. The Kier molecular flexibility index (Phi) is 3.07. The van der Waals surface area contributed by atoms with Crippen LogP contribution in [0.5, 0.6) is 17.2 Å². The normalized spacial score (nSPS) is 23.7. The van der Waals surface area contributed by atoms with Gasteiger partial charge in [-0.15, -0.1) is 0 Å². The zero-order chi connectivity index (χ0) is 18.1. The van der Waals surface area contributed by atoms with Crippen LogP contribution in [0, 0.1) is 0 Å². The molecular weight excluding hydrogens is 336 g/mol. The van der Waals surface area contributed by atoms with Gasteiger partial charge >= 0.3 is 0 Å². The van der Waals surface area contributed by atoms with E-state index in [4.69, 9.17) is 23.4 Å². The van der Waals surface area contributed by atoms with Crippen LogP contribution in [0.15, 0.2) is 33.5 Å². The Morgan fingerprint density at radius 1 is 1.15 bits per heavy atom. The van der Waals surface area contributed by atoms with Gasteiger partial charge in [-0.3, -0.25) is 4.79 Å². The Bertz CT molecular complexity index is 1110. The summed E-state index contributed by atoms with van der Waals surface area (Å²) >= 11 is 0. The van der Waals surface area contributed by atoms with E-state index in [0.717, 1.165) is 5.56 Å². The minimum Gasteiger partial charge on any atom is -0.496 e. The van der Waals surface area contributed by atoms with E-state index in [0.29, 0.717) is 52.2 Å². The summed E-state index contributed by atoms with van der Waals surface area (Å²) in [4.78, 5) is 13.2. The molecular formula is C20H18O6. The molecule has 5 rings (SSSR count). The molecule has 3 heterocycles. The van der Waals surface area contributed by atoms with Crippen molar-refractivity contribution in [1.29, 1.82) is 0 Å². The van der Waals surface area contributed by atoms with Crippen molar-refractivity contribution >= 4 is 21.9 Å². The van der Waals surface area contributed by atoms with Crippen LogP contribution in [0.1, 0.15) is 12.5 Å². The highest BCUT2D eigenvalue weighted by Gasteiger charge is 2.51. The second-order valence-electron chi connectivity index (χ2n) is 6.94. The fourth-order valence-electron chi connectivity index (χ4n) is 3.66. The molecule has 0 N–H and O–H groups in total. The average Bonchev–Trinajstić information content (AvgIpc) is 3.25. The summed E-state index contributed by atoms with van der Waals surface area (Å²) in [7, 11) is 3.09. The maximum Gasteiger partial charge on any atom is 0.204 e. The van der Waals surface area contributed by atoms with E-state index < -0.39 is 0 Å². The number of ether oxygens (including phenoxy) is 4. The Balaban J connectivity index is 1.85. The summed E-state index contributed by atoms with van der Waals surface area (Å²) < 4.78 is 28.7. The van der Waals surface area contributed by atoms with Gasteiger partial charge in [-0.05, 0) is 19.1 Å². The molecule has 1 aromatic heterocycles. The van der Waals surface area contributed by atoms with Crippen LogP contribution >= 0.6 is 0 Å². The number of benzene rings is 2. The molecule has 2 aliphatic rings. The minimum atomic E-state index is -0.284. The highest BCUT2D eigenvalue weighted by Crippen LogP contribution is 2.46. The summed E-state index contributed by atoms with van der Waals surface area (Å²) in [6.07, 6.45) is 0.516. The van der Waals surface area contributed by atoms with Gasteiger partial charge in [-0.1, -0.05) is 6.07 Å². The van der Waals surface area contributed by atoms with Crippen LogP contribution in [0.3, 0.4) is 0 Å². The van der Waals surface area contributed by atoms with Crippen molar-refractivity contribution in [3.8, 4) is 17.2 Å². The molecule has 6 heteroatoms. The number of rotatable bonds is 3. The Labute approximate surface area is 149 Å². The van der Waals surface area contributed by atoms with Crippen LogP contribution in [-0.4, -0.2) is 32.5 Å². The number of hydrogen-bond donors (Lipinski definition) is 0. The lowest BCUT2D eigenvalue weighted by Crippen LogP contribution is -2.30. The molecule has 6 nitrogen and oxygen atoms in total. The molecule has 0 aliphatic carbocycles. The topological polar surface area (TPSA) is 70.4 Å². The smallest absolute Gasteiger partial charge is 0.204 e. The maximum absolute atomic E-state index is 13.2. The zero-order valence-electron chi connectivity index (χ0n) is 14.8. The van der Waals surface area contributed by atoms with Crippen molar-refractivity contribution in [2.75, 3.05) is 20.8 Å². The lowest BCUT2D eigenvalue weighted by atomic mass is 9.98. The zero-order valence-corrected chi connectivity index (χ0v) is 14.8. The predicted molar refractivity (Wildman–Crippen MR) is 95.6 cm³/mol. The number of para-hydroxylation sites is 1. The van der Waals surface area contributed by atoms with E-state index in [2.05, 4.69) is 0 Å². The predicted octanol–water partition coefficient (Wildman–Crippen LogP) is 3.06. The van der Waals surface area contributed by atoms with E-state index in [9.17, 15) is 4.79 Å². The summed E-state index contributed by atoms with van der Waals surface area (Å²) in [5, 5.41) is 0.890. The van der Waals surface area contributed by atoms with Gasteiger partial charge < -0.3 is 23.4 Å². The van der Waals surface area contributed by atoms with Crippen molar-refractivity contribution in [2.45, 2.75) is 25.0 Å². The van der Waals surface area contributed by atoms with Crippen LogP contribution in [0.4, 0.5) is 0 Å². The molecule has 3 aromatic rings. The third kappa shape index (κ3) is 1.99. The molecule has 134 valence electrons. The molecule has 0 unspecified atom stereocenters. The van der Waals surface area contributed by atoms with Crippen molar-refractivity contribution < 1.29 is 23.4 Å². The first-order chi connectivity index (χ1) is 12.6. The molecule has 26 heavy (non-hydrogen) atoms. The highest BCUT2D eigenvalue weighted by atomic mass is 16.6. The Morgan fingerprint density at radius 3 is 2.62 bits per heavy atom. The Hall–Kier alpha value is -2.73. The first kappa shape index (κ1) is 15.5. The lowest BCUT2D eigenvalue weighted by Gasteiger charge is -2.14. The maximum atomic E-state index is 13.2.